The molecule has 1 aliphatic rings. The summed E-state index contributed by atoms with van der Waals surface area (Å²) < 4.78 is 0. The van der Waals surface area contributed by atoms with E-state index >= 15 is 0 Å². The summed E-state index contributed by atoms with van der Waals surface area (Å²) in [5.41, 5.74) is 2.02. The molecule has 1 aromatic rings. The molecule has 1 aliphatic carbocycles. The van der Waals surface area contributed by atoms with Gasteiger partial charge in [-0.25, -0.2) is 0 Å². The first-order chi connectivity index (χ1) is 11.1. The van der Waals surface area contributed by atoms with Crippen molar-refractivity contribution < 1.29 is 9.90 Å². The van der Waals surface area contributed by atoms with Crippen LogP contribution >= 0.6 is 0 Å². The minimum Gasteiger partial charge on any atom is -0.393 e. The van der Waals surface area contributed by atoms with Crippen LogP contribution in [0.4, 0.5) is 5.69 Å². The first-order valence-corrected chi connectivity index (χ1v) is 8.85. The molecule has 4 heteroatoms. The molecule has 3 N–H and O–H groups in total. The molecule has 2 rings (SSSR count). The fourth-order valence-electron chi connectivity index (χ4n) is 3.41. The van der Waals surface area contributed by atoms with Crippen molar-refractivity contribution in [2.45, 2.75) is 64.5 Å². The van der Waals surface area contributed by atoms with Crippen LogP contribution in [-0.2, 0) is 4.79 Å². The van der Waals surface area contributed by atoms with Gasteiger partial charge in [-0.1, -0.05) is 25.0 Å². The van der Waals surface area contributed by atoms with Gasteiger partial charge in [-0.15, -0.1) is 0 Å². The summed E-state index contributed by atoms with van der Waals surface area (Å²) in [5, 5.41) is 16.4. The topological polar surface area (TPSA) is 61.4 Å². The van der Waals surface area contributed by atoms with E-state index in [-0.39, 0.29) is 18.1 Å². The molecule has 0 saturated heterocycles. The van der Waals surface area contributed by atoms with Crippen molar-refractivity contribution in [3.8, 4) is 0 Å². The molecular formula is C19H30N2O2. The highest BCUT2D eigenvalue weighted by Crippen LogP contribution is 2.27. The Morgan fingerprint density at radius 2 is 2.13 bits per heavy atom. The van der Waals surface area contributed by atoms with Gasteiger partial charge in [0.2, 0.25) is 5.91 Å². The Bertz CT molecular complexity index is 504. The Morgan fingerprint density at radius 1 is 1.35 bits per heavy atom. The van der Waals surface area contributed by atoms with Crippen molar-refractivity contribution >= 4 is 11.6 Å². The molecule has 4 nitrogen and oxygen atoms in total. The molecule has 0 heterocycles. The quantitative estimate of drug-likeness (QED) is 0.673. The van der Waals surface area contributed by atoms with Crippen LogP contribution in [0.5, 0.6) is 0 Å². The van der Waals surface area contributed by atoms with Crippen LogP contribution in [0.15, 0.2) is 24.3 Å². The van der Waals surface area contributed by atoms with E-state index in [1.54, 1.807) is 0 Å². The minimum absolute atomic E-state index is 0.0474. The molecule has 3 unspecified atom stereocenters. The summed E-state index contributed by atoms with van der Waals surface area (Å²) >= 11 is 0. The third-order valence-corrected chi connectivity index (χ3v) is 4.78. The van der Waals surface area contributed by atoms with Gasteiger partial charge < -0.3 is 15.7 Å². The maximum absolute atomic E-state index is 11.1. The van der Waals surface area contributed by atoms with E-state index in [0.29, 0.717) is 5.92 Å². The van der Waals surface area contributed by atoms with Gasteiger partial charge in [0.1, 0.15) is 0 Å². The van der Waals surface area contributed by atoms with Gasteiger partial charge in [-0.3, -0.25) is 4.79 Å². The molecule has 128 valence electrons. The van der Waals surface area contributed by atoms with Crippen LogP contribution < -0.4 is 10.6 Å². The van der Waals surface area contributed by atoms with Gasteiger partial charge in [-0.2, -0.15) is 0 Å². The van der Waals surface area contributed by atoms with Gasteiger partial charge in [0.25, 0.3) is 0 Å². The second kappa shape index (κ2) is 9.04. The van der Waals surface area contributed by atoms with Gasteiger partial charge in [-0.05, 0) is 62.8 Å². The summed E-state index contributed by atoms with van der Waals surface area (Å²) in [6.07, 6.45) is 6.71. The number of amides is 1. The SMILES string of the molecule is CC(=O)Nc1cccc(C(C)NCCCC2CCCCC2O)c1. The zero-order chi connectivity index (χ0) is 16.7. The summed E-state index contributed by atoms with van der Waals surface area (Å²) in [6, 6.07) is 8.22. The van der Waals surface area contributed by atoms with E-state index in [2.05, 4.69) is 23.6 Å². The van der Waals surface area contributed by atoms with E-state index in [4.69, 9.17) is 0 Å². The van der Waals surface area contributed by atoms with Crippen LogP contribution in [0.3, 0.4) is 0 Å². The predicted molar refractivity (Wildman–Crippen MR) is 94.4 cm³/mol. The number of rotatable bonds is 7. The molecule has 0 bridgehead atoms. The second-order valence-electron chi connectivity index (χ2n) is 6.74. The van der Waals surface area contributed by atoms with E-state index < -0.39 is 0 Å². The maximum Gasteiger partial charge on any atom is 0.221 e. The number of hydrogen-bond donors (Lipinski definition) is 3. The van der Waals surface area contributed by atoms with E-state index in [1.165, 1.54) is 31.7 Å². The number of benzene rings is 1. The van der Waals surface area contributed by atoms with Crippen molar-refractivity contribution in [2.24, 2.45) is 5.92 Å². The Balaban J connectivity index is 1.74. The van der Waals surface area contributed by atoms with Crippen LogP contribution in [0.1, 0.15) is 64.0 Å². The smallest absolute Gasteiger partial charge is 0.221 e. The highest BCUT2D eigenvalue weighted by Gasteiger charge is 2.22. The molecule has 3 atom stereocenters. The van der Waals surface area contributed by atoms with Crippen molar-refractivity contribution in [2.75, 3.05) is 11.9 Å². The monoisotopic (exact) mass is 318 g/mol. The van der Waals surface area contributed by atoms with Crippen LogP contribution in [-0.4, -0.2) is 23.7 Å². The number of anilines is 1. The molecule has 1 saturated carbocycles. The lowest BCUT2D eigenvalue weighted by Gasteiger charge is -2.27. The molecule has 1 fully saturated rings. The van der Waals surface area contributed by atoms with Crippen LogP contribution in [0, 0.1) is 5.92 Å². The normalized spacial score (nSPS) is 22.6. The van der Waals surface area contributed by atoms with Gasteiger partial charge in [0.05, 0.1) is 6.10 Å². The maximum atomic E-state index is 11.1. The molecule has 1 aromatic carbocycles. The molecule has 0 radical (unpaired) electrons. The minimum atomic E-state index is -0.0875. The van der Waals surface area contributed by atoms with E-state index in [0.717, 1.165) is 31.5 Å². The lowest BCUT2D eigenvalue weighted by Crippen LogP contribution is -2.26. The number of hydrogen-bond acceptors (Lipinski definition) is 3. The van der Waals surface area contributed by atoms with Crippen molar-refractivity contribution in [1.82, 2.24) is 5.32 Å². The summed E-state index contributed by atoms with van der Waals surface area (Å²) in [6.45, 7) is 4.62. The Morgan fingerprint density at radius 3 is 2.87 bits per heavy atom. The predicted octanol–water partition coefficient (Wildman–Crippen LogP) is 3.63. The summed E-state index contributed by atoms with van der Waals surface area (Å²) in [5.74, 6) is 0.442. The second-order valence-corrected chi connectivity index (χ2v) is 6.74. The highest BCUT2D eigenvalue weighted by molar-refractivity contribution is 5.88. The van der Waals surface area contributed by atoms with Gasteiger partial charge in [0, 0.05) is 18.7 Å². The van der Waals surface area contributed by atoms with E-state index in [1.807, 2.05) is 18.2 Å². The zero-order valence-electron chi connectivity index (χ0n) is 14.3. The third-order valence-electron chi connectivity index (χ3n) is 4.78. The number of nitrogens with one attached hydrogen (secondary N) is 2. The lowest BCUT2D eigenvalue weighted by molar-refractivity contribution is -0.114. The summed E-state index contributed by atoms with van der Waals surface area (Å²) in [7, 11) is 0. The van der Waals surface area contributed by atoms with Crippen molar-refractivity contribution in [3.05, 3.63) is 29.8 Å². The molecule has 0 aliphatic heterocycles. The molecule has 1 amide bonds. The zero-order valence-corrected chi connectivity index (χ0v) is 14.3. The van der Waals surface area contributed by atoms with Crippen molar-refractivity contribution in [1.29, 1.82) is 0 Å². The van der Waals surface area contributed by atoms with Gasteiger partial charge >= 0.3 is 0 Å². The number of carbonyl (C=O) groups excluding carboxylic acids is 1. The Kier molecular flexibility index (Phi) is 7.06. The summed E-state index contributed by atoms with van der Waals surface area (Å²) in [4.78, 5) is 11.1. The van der Waals surface area contributed by atoms with E-state index in [9.17, 15) is 9.90 Å². The lowest BCUT2D eigenvalue weighted by atomic mass is 9.83. The average molecular weight is 318 g/mol. The van der Waals surface area contributed by atoms with Crippen LogP contribution in [0.25, 0.3) is 0 Å². The number of aliphatic hydroxyl groups excluding tert-OH is 1. The van der Waals surface area contributed by atoms with Gasteiger partial charge in [0.15, 0.2) is 0 Å². The number of aliphatic hydroxyl groups is 1. The van der Waals surface area contributed by atoms with Crippen molar-refractivity contribution in [3.63, 3.8) is 0 Å². The average Bonchev–Trinajstić information content (AvgIpc) is 2.52. The molecule has 0 spiro atoms. The number of carbonyl (C=O) groups is 1. The Hall–Kier alpha value is -1.39. The fraction of sp³-hybridized carbons (Fsp3) is 0.632. The third kappa shape index (κ3) is 5.96. The largest absolute Gasteiger partial charge is 0.393 e. The highest BCUT2D eigenvalue weighted by atomic mass is 16.3. The van der Waals surface area contributed by atoms with Crippen LogP contribution in [0.2, 0.25) is 0 Å². The molecular weight excluding hydrogens is 288 g/mol. The molecule has 0 aromatic heterocycles. The first kappa shape index (κ1) is 18.0. The molecule has 23 heavy (non-hydrogen) atoms. The Labute approximate surface area is 139 Å². The standard InChI is InChI=1S/C19H30N2O2/c1-14(17-8-5-10-18(13-17)21-15(2)22)20-12-6-9-16-7-3-4-11-19(16)23/h5,8,10,13-14,16,19-20,23H,3-4,6-7,9,11-12H2,1-2H3,(H,21,22). The first-order valence-electron chi connectivity index (χ1n) is 8.85. The fourth-order valence-corrected chi connectivity index (χ4v) is 3.41.